The Morgan fingerprint density at radius 1 is 1.00 bits per heavy atom. The van der Waals surface area contributed by atoms with Gasteiger partial charge in [0.1, 0.15) is 5.75 Å². The van der Waals surface area contributed by atoms with Gasteiger partial charge >= 0.3 is 11.8 Å². The predicted octanol–water partition coefficient (Wildman–Crippen LogP) is 3.39. The number of para-hydroxylation sites is 2. The maximum absolute atomic E-state index is 12.3. The molecule has 2 N–H and O–H groups in total. The van der Waals surface area contributed by atoms with Crippen LogP contribution in [0.25, 0.3) is 0 Å². The molecule has 136 valence electrons. The molecule has 0 saturated carbocycles. The van der Waals surface area contributed by atoms with Crippen molar-refractivity contribution in [1.82, 2.24) is 5.32 Å². The highest BCUT2D eigenvalue weighted by atomic mass is 16.5. The van der Waals surface area contributed by atoms with Crippen molar-refractivity contribution in [2.24, 2.45) is 0 Å². The van der Waals surface area contributed by atoms with Gasteiger partial charge in [-0.15, -0.1) is 0 Å². The largest absolute Gasteiger partial charge is 0.495 e. The fraction of sp³-hybridized carbons (Fsp3) is 0.333. The molecule has 0 bridgehead atoms. The van der Waals surface area contributed by atoms with E-state index < -0.39 is 11.8 Å². The molecule has 3 rings (SSSR count). The topological polar surface area (TPSA) is 67.4 Å². The number of anilines is 1. The van der Waals surface area contributed by atoms with Gasteiger partial charge in [0.05, 0.1) is 18.8 Å². The smallest absolute Gasteiger partial charge is 0.313 e. The zero-order valence-electron chi connectivity index (χ0n) is 15.2. The molecule has 2 amide bonds. The Hall–Kier alpha value is -2.82. The molecule has 2 aromatic rings. The van der Waals surface area contributed by atoms with Crippen molar-refractivity contribution in [3.05, 3.63) is 59.2 Å². The van der Waals surface area contributed by atoms with Gasteiger partial charge in [0.15, 0.2) is 0 Å². The van der Waals surface area contributed by atoms with Crippen LogP contribution < -0.4 is 15.4 Å². The SMILES string of the molecule is COc1ccccc1NC(=O)C(=O)NC(C)c1ccc2c(c1)CCCC2. The Morgan fingerprint density at radius 2 is 1.73 bits per heavy atom. The maximum atomic E-state index is 12.3. The van der Waals surface area contributed by atoms with E-state index in [4.69, 9.17) is 4.74 Å². The van der Waals surface area contributed by atoms with E-state index >= 15 is 0 Å². The third kappa shape index (κ3) is 4.04. The molecule has 0 spiro atoms. The third-order valence-electron chi connectivity index (χ3n) is 4.78. The van der Waals surface area contributed by atoms with Crippen LogP contribution in [0.4, 0.5) is 5.69 Å². The van der Waals surface area contributed by atoms with Gasteiger partial charge in [-0.2, -0.15) is 0 Å². The summed E-state index contributed by atoms with van der Waals surface area (Å²) < 4.78 is 5.18. The minimum absolute atomic E-state index is 0.238. The molecular formula is C21H24N2O3. The fourth-order valence-electron chi connectivity index (χ4n) is 3.30. The van der Waals surface area contributed by atoms with Crippen LogP contribution in [0.3, 0.4) is 0 Å². The molecule has 1 aliphatic carbocycles. The van der Waals surface area contributed by atoms with Gasteiger partial charge in [0.25, 0.3) is 0 Å². The van der Waals surface area contributed by atoms with Crippen molar-refractivity contribution in [3.63, 3.8) is 0 Å². The first-order chi connectivity index (χ1) is 12.6. The molecule has 0 aliphatic heterocycles. The van der Waals surface area contributed by atoms with Gasteiger partial charge in [-0.25, -0.2) is 0 Å². The standard InChI is InChI=1S/C21H24N2O3/c1-14(16-12-11-15-7-3-4-8-17(15)13-16)22-20(24)21(25)23-18-9-5-6-10-19(18)26-2/h5-6,9-14H,3-4,7-8H2,1-2H3,(H,22,24)(H,23,25). The Kier molecular flexibility index (Phi) is 5.56. The van der Waals surface area contributed by atoms with Crippen LogP contribution in [0, 0.1) is 0 Å². The number of hydrogen-bond donors (Lipinski definition) is 2. The minimum atomic E-state index is -0.709. The zero-order valence-corrected chi connectivity index (χ0v) is 15.2. The van der Waals surface area contributed by atoms with E-state index in [2.05, 4.69) is 22.8 Å². The van der Waals surface area contributed by atoms with E-state index in [-0.39, 0.29) is 6.04 Å². The highest BCUT2D eigenvalue weighted by Crippen LogP contribution is 2.25. The van der Waals surface area contributed by atoms with Crippen molar-refractivity contribution < 1.29 is 14.3 Å². The molecule has 5 heteroatoms. The number of aryl methyl sites for hydroxylation is 2. The minimum Gasteiger partial charge on any atom is -0.495 e. The molecule has 2 aromatic carbocycles. The van der Waals surface area contributed by atoms with Crippen molar-refractivity contribution >= 4 is 17.5 Å². The summed E-state index contributed by atoms with van der Waals surface area (Å²) in [4.78, 5) is 24.5. The molecule has 1 atom stereocenters. The predicted molar refractivity (Wildman–Crippen MR) is 101 cm³/mol. The number of nitrogens with one attached hydrogen (secondary N) is 2. The van der Waals surface area contributed by atoms with Gasteiger partial charge in [0.2, 0.25) is 0 Å². The molecule has 5 nitrogen and oxygen atoms in total. The number of rotatable bonds is 4. The van der Waals surface area contributed by atoms with Crippen LogP contribution in [0.2, 0.25) is 0 Å². The van der Waals surface area contributed by atoms with Crippen molar-refractivity contribution in [1.29, 1.82) is 0 Å². The van der Waals surface area contributed by atoms with Gasteiger partial charge in [-0.3, -0.25) is 9.59 Å². The van der Waals surface area contributed by atoms with E-state index in [1.165, 1.54) is 31.1 Å². The molecule has 26 heavy (non-hydrogen) atoms. The fourth-order valence-corrected chi connectivity index (χ4v) is 3.30. The van der Waals surface area contributed by atoms with E-state index in [0.717, 1.165) is 18.4 Å². The Labute approximate surface area is 153 Å². The zero-order chi connectivity index (χ0) is 18.5. The first-order valence-corrected chi connectivity index (χ1v) is 8.95. The van der Waals surface area contributed by atoms with Crippen LogP contribution in [0.15, 0.2) is 42.5 Å². The van der Waals surface area contributed by atoms with Gasteiger partial charge in [0, 0.05) is 0 Å². The van der Waals surface area contributed by atoms with Gasteiger partial charge in [-0.1, -0.05) is 30.3 Å². The van der Waals surface area contributed by atoms with Crippen LogP contribution in [0.5, 0.6) is 5.75 Å². The summed E-state index contributed by atoms with van der Waals surface area (Å²) in [5, 5.41) is 5.36. The first-order valence-electron chi connectivity index (χ1n) is 8.95. The number of fused-ring (bicyclic) bond motifs is 1. The lowest BCUT2D eigenvalue weighted by molar-refractivity contribution is -0.136. The summed E-state index contributed by atoms with van der Waals surface area (Å²) in [6.45, 7) is 1.89. The van der Waals surface area contributed by atoms with Crippen molar-refractivity contribution in [3.8, 4) is 5.75 Å². The summed E-state index contributed by atoms with van der Waals surface area (Å²) in [5.41, 5.74) is 4.24. The lowest BCUT2D eigenvalue weighted by Gasteiger charge is -2.20. The lowest BCUT2D eigenvalue weighted by Crippen LogP contribution is -2.37. The second-order valence-corrected chi connectivity index (χ2v) is 6.58. The Bertz CT molecular complexity index is 817. The molecule has 0 heterocycles. The lowest BCUT2D eigenvalue weighted by atomic mass is 9.89. The molecule has 1 aliphatic rings. The van der Waals surface area contributed by atoms with Crippen LogP contribution in [-0.4, -0.2) is 18.9 Å². The van der Waals surface area contributed by atoms with Crippen LogP contribution in [0.1, 0.15) is 42.5 Å². The third-order valence-corrected chi connectivity index (χ3v) is 4.78. The number of amides is 2. The molecule has 0 aromatic heterocycles. The van der Waals surface area contributed by atoms with Crippen molar-refractivity contribution in [2.75, 3.05) is 12.4 Å². The van der Waals surface area contributed by atoms with E-state index in [9.17, 15) is 9.59 Å². The average molecular weight is 352 g/mol. The first kappa shape index (κ1) is 18.0. The molecule has 0 radical (unpaired) electrons. The molecule has 0 fully saturated rings. The summed E-state index contributed by atoms with van der Waals surface area (Å²) >= 11 is 0. The molecule has 1 unspecified atom stereocenters. The molecular weight excluding hydrogens is 328 g/mol. The highest BCUT2D eigenvalue weighted by molar-refractivity contribution is 6.39. The maximum Gasteiger partial charge on any atom is 0.313 e. The average Bonchev–Trinajstić information content (AvgIpc) is 2.67. The summed E-state index contributed by atoms with van der Waals surface area (Å²) in [6.07, 6.45) is 4.65. The Morgan fingerprint density at radius 3 is 2.50 bits per heavy atom. The van der Waals surface area contributed by atoms with Gasteiger partial charge in [-0.05, 0) is 61.4 Å². The number of hydrogen-bond acceptors (Lipinski definition) is 3. The number of ether oxygens (including phenoxy) is 1. The second-order valence-electron chi connectivity index (χ2n) is 6.58. The van der Waals surface area contributed by atoms with E-state index in [1.54, 1.807) is 24.3 Å². The number of benzene rings is 2. The van der Waals surface area contributed by atoms with E-state index in [0.29, 0.717) is 11.4 Å². The molecule has 0 saturated heterocycles. The van der Waals surface area contributed by atoms with Crippen molar-refractivity contribution in [2.45, 2.75) is 38.6 Å². The van der Waals surface area contributed by atoms with Crippen LogP contribution in [-0.2, 0) is 22.4 Å². The summed E-state index contributed by atoms with van der Waals surface area (Å²) in [6, 6.07) is 13.1. The second kappa shape index (κ2) is 8.04. The van der Waals surface area contributed by atoms with Gasteiger partial charge < -0.3 is 15.4 Å². The van der Waals surface area contributed by atoms with Crippen LogP contribution >= 0.6 is 0 Å². The normalized spacial score (nSPS) is 14.1. The quantitative estimate of drug-likeness (QED) is 0.829. The monoisotopic (exact) mass is 352 g/mol. The summed E-state index contributed by atoms with van der Waals surface area (Å²) in [7, 11) is 1.52. The number of carbonyl (C=O) groups is 2. The Balaban J connectivity index is 1.64. The number of methoxy groups -OCH3 is 1. The number of carbonyl (C=O) groups excluding carboxylic acids is 2. The summed E-state index contributed by atoms with van der Waals surface area (Å²) in [5.74, 6) is -0.864. The highest BCUT2D eigenvalue weighted by Gasteiger charge is 2.19. The van der Waals surface area contributed by atoms with E-state index in [1.807, 2.05) is 13.0 Å².